The average molecular weight is 358 g/mol. The van der Waals surface area contributed by atoms with Crippen molar-refractivity contribution in [3.63, 3.8) is 0 Å². The Morgan fingerprint density at radius 3 is 2.85 bits per heavy atom. The van der Waals surface area contributed by atoms with E-state index in [9.17, 15) is 0 Å². The molecule has 1 aliphatic heterocycles. The summed E-state index contributed by atoms with van der Waals surface area (Å²) in [6.45, 7) is 2.28. The van der Waals surface area contributed by atoms with E-state index in [1.165, 1.54) is 31.2 Å². The molecule has 0 spiro atoms. The zero-order valence-corrected chi connectivity index (χ0v) is 14.1. The van der Waals surface area contributed by atoms with Crippen LogP contribution in [0.4, 0.5) is 0 Å². The Morgan fingerprint density at radius 1 is 1.30 bits per heavy atom. The fourth-order valence-electron chi connectivity index (χ4n) is 3.03. The van der Waals surface area contributed by atoms with Crippen LogP contribution >= 0.6 is 27.7 Å². The third kappa shape index (κ3) is 2.95. The van der Waals surface area contributed by atoms with Crippen LogP contribution in [0.1, 0.15) is 31.2 Å². The van der Waals surface area contributed by atoms with Crippen molar-refractivity contribution in [1.29, 1.82) is 0 Å². The number of rotatable bonds is 5. The summed E-state index contributed by atoms with van der Waals surface area (Å²) in [5.41, 5.74) is 1.23. The van der Waals surface area contributed by atoms with Gasteiger partial charge in [-0.3, -0.25) is 0 Å². The van der Waals surface area contributed by atoms with Gasteiger partial charge in [0.15, 0.2) is 11.5 Å². The fourth-order valence-corrected chi connectivity index (χ4v) is 4.58. The van der Waals surface area contributed by atoms with E-state index < -0.39 is 0 Å². The lowest BCUT2D eigenvalue weighted by molar-refractivity contribution is 0.173. The highest BCUT2D eigenvalue weighted by atomic mass is 79.9. The predicted molar refractivity (Wildman–Crippen MR) is 86.7 cm³/mol. The maximum atomic E-state index is 5.46. The summed E-state index contributed by atoms with van der Waals surface area (Å²) < 4.78 is 12.3. The largest absolute Gasteiger partial charge is 0.454 e. The number of fused-ring (bicyclic) bond motifs is 1. The van der Waals surface area contributed by atoms with Crippen LogP contribution in [0, 0.1) is 0 Å². The van der Waals surface area contributed by atoms with Crippen molar-refractivity contribution >= 4 is 27.7 Å². The molecular formula is C15H20BrNO2S. The highest BCUT2D eigenvalue weighted by Gasteiger charge is 2.32. The Balaban J connectivity index is 1.60. The van der Waals surface area contributed by atoms with Crippen molar-refractivity contribution in [3.05, 3.63) is 22.2 Å². The zero-order valence-electron chi connectivity index (χ0n) is 11.7. The molecule has 0 radical (unpaired) electrons. The topological polar surface area (TPSA) is 30.5 Å². The minimum absolute atomic E-state index is 0.320. The van der Waals surface area contributed by atoms with Gasteiger partial charge in [-0.2, -0.15) is 11.8 Å². The Morgan fingerprint density at radius 2 is 2.10 bits per heavy atom. The monoisotopic (exact) mass is 357 g/mol. The molecule has 1 aromatic rings. The second-order valence-corrected chi connectivity index (χ2v) is 7.64. The van der Waals surface area contributed by atoms with Crippen LogP contribution in [-0.2, 0) is 6.54 Å². The first-order chi connectivity index (χ1) is 9.72. The second-order valence-electron chi connectivity index (χ2n) is 5.51. The molecule has 3 rings (SSSR count). The molecule has 1 aliphatic carbocycles. The van der Waals surface area contributed by atoms with E-state index in [1.807, 2.05) is 11.8 Å². The maximum absolute atomic E-state index is 5.46. The highest BCUT2D eigenvalue weighted by Crippen LogP contribution is 2.41. The van der Waals surface area contributed by atoms with Crippen molar-refractivity contribution in [3.8, 4) is 11.5 Å². The molecule has 0 unspecified atom stereocenters. The standard InChI is InChI=1S/C15H20BrNO2S/c1-20-15(4-2-3-5-15)9-17-8-11-6-12(16)14-13(7-11)18-10-19-14/h6-7,17H,2-5,8-10H2,1H3. The molecule has 0 atom stereocenters. The zero-order chi connectivity index (χ0) is 14.0. The molecule has 0 aromatic heterocycles. The van der Waals surface area contributed by atoms with E-state index >= 15 is 0 Å². The quantitative estimate of drug-likeness (QED) is 0.864. The first-order valence-electron chi connectivity index (χ1n) is 7.06. The van der Waals surface area contributed by atoms with Gasteiger partial charge in [-0.25, -0.2) is 0 Å². The van der Waals surface area contributed by atoms with Gasteiger partial charge in [0.1, 0.15) is 0 Å². The van der Waals surface area contributed by atoms with E-state index in [4.69, 9.17) is 9.47 Å². The Kier molecular flexibility index (Phi) is 4.48. The van der Waals surface area contributed by atoms with Crippen molar-refractivity contribution in [2.24, 2.45) is 0 Å². The van der Waals surface area contributed by atoms with Crippen molar-refractivity contribution in [2.75, 3.05) is 19.6 Å². The van der Waals surface area contributed by atoms with Gasteiger partial charge in [0.05, 0.1) is 4.47 Å². The smallest absolute Gasteiger partial charge is 0.231 e. The third-order valence-electron chi connectivity index (χ3n) is 4.21. The molecule has 1 fully saturated rings. The number of hydrogen-bond donors (Lipinski definition) is 1. The van der Waals surface area contributed by atoms with Crippen LogP contribution in [0.2, 0.25) is 0 Å². The van der Waals surface area contributed by atoms with E-state index in [2.05, 4.69) is 39.6 Å². The molecule has 20 heavy (non-hydrogen) atoms. The van der Waals surface area contributed by atoms with Gasteiger partial charge < -0.3 is 14.8 Å². The lowest BCUT2D eigenvalue weighted by atomic mass is 10.1. The van der Waals surface area contributed by atoms with Gasteiger partial charge in [-0.05, 0) is 52.7 Å². The highest BCUT2D eigenvalue weighted by molar-refractivity contribution is 9.10. The summed E-state index contributed by atoms with van der Waals surface area (Å²) in [6.07, 6.45) is 7.67. The molecular weight excluding hydrogens is 338 g/mol. The molecule has 3 nitrogen and oxygen atoms in total. The van der Waals surface area contributed by atoms with Crippen LogP contribution in [0.25, 0.3) is 0 Å². The maximum Gasteiger partial charge on any atom is 0.231 e. The van der Waals surface area contributed by atoms with Crippen LogP contribution < -0.4 is 14.8 Å². The summed E-state index contributed by atoms with van der Waals surface area (Å²) in [6, 6.07) is 4.18. The summed E-state index contributed by atoms with van der Waals surface area (Å²) >= 11 is 5.57. The number of hydrogen-bond acceptors (Lipinski definition) is 4. The normalized spacial score (nSPS) is 19.5. The van der Waals surface area contributed by atoms with Gasteiger partial charge in [-0.15, -0.1) is 0 Å². The fraction of sp³-hybridized carbons (Fsp3) is 0.600. The molecule has 1 N–H and O–H groups in total. The van der Waals surface area contributed by atoms with Gasteiger partial charge >= 0.3 is 0 Å². The molecule has 110 valence electrons. The van der Waals surface area contributed by atoms with Gasteiger partial charge in [-0.1, -0.05) is 12.8 Å². The first kappa shape index (κ1) is 14.5. The summed E-state index contributed by atoms with van der Waals surface area (Å²) in [5.74, 6) is 1.67. The molecule has 0 saturated heterocycles. The van der Waals surface area contributed by atoms with E-state index in [-0.39, 0.29) is 0 Å². The number of nitrogens with one attached hydrogen (secondary N) is 1. The first-order valence-corrected chi connectivity index (χ1v) is 9.08. The van der Waals surface area contributed by atoms with Crippen LogP contribution in [-0.4, -0.2) is 24.3 Å². The number of ether oxygens (including phenoxy) is 2. The Hall–Kier alpha value is -0.390. The van der Waals surface area contributed by atoms with Crippen molar-refractivity contribution in [2.45, 2.75) is 37.0 Å². The van der Waals surface area contributed by atoms with Gasteiger partial charge in [0.25, 0.3) is 0 Å². The number of thioether (sulfide) groups is 1. The molecule has 0 bridgehead atoms. The SMILES string of the molecule is CSC1(CNCc2cc(Br)c3c(c2)OCO3)CCCC1. The second kappa shape index (κ2) is 6.16. The lowest BCUT2D eigenvalue weighted by Crippen LogP contribution is -2.34. The average Bonchev–Trinajstić information content (AvgIpc) is 3.08. The molecule has 5 heteroatoms. The van der Waals surface area contributed by atoms with E-state index in [0.717, 1.165) is 29.1 Å². The number of benzene rings is 1. The minimum atomic E-state index is 0.320. The minimum Gasteiger partial charge on any atom is -0.454 e. The molecule has 1 aromatic carbocycles. The van der Waals surface area contributed by atoms with Crippen molar-refractivity contribution in [1.82, 2.24) is 5.32 Å². The van der Waals surface area contributed by atoms with E-state index in [1.54, 1.807) is 0 Å². The molecule has 2 aliphatic rings. The van der Waals surface area contributed by atoms with Gasteiger partial charge in [0, 0.05) is 17.8 Å². The molecule has 1 heterocycles. The Bertz CT molecular complexity index is 489. The summed E-state index contributed by atoms with van der Waals surface area (Å²) in [7, 11) is 0. The summed E-state index contributed by atoms with van der Waals surface area (Å²) in [4.78, 5) is 0. The van der Waals surface area contributed by atoms with Crippen molar-refractivity contribution < 1.29 is 9.47 Å². The van der Waals surface area contributed by atoms with Gasteiger partial charge in [0.2, 0.25) is 6.79 Å². The van der Waals surface area contributed by atoms with Crippen LogP contribution in [0.3, 0.4) is 0 Å². The van der Waals surface area contributed by atoms with Crippen LogP contribution in [0.15, 0.2) is 16.6 Å². The van der Waals surface area contributed by atoms with E-state index in [0.29, 0.717) is 11.5 Å². The number of halogens is 1. The third-order valence-corrected chi connectivity index (χ3v) is 6.22. The molecule has 1 saturated carbocycles. The summed E-state index contributed by atoms with van der Waals surface area (Å²) in [5, 5.41) is 3.62. The molecule has 0 amide bonds. The van der Waals surface area contributed by atoms with Crippen LogP contribution in [0.5, 0.6) is 11.5 Å². The Labute approximate surface area is 132 Å². The predicted octanol–water partition coefficient (Wildman–Crippen LogP) is 3.94. The lowest BCUT2D eigenvalue weighted by Gasteiger charge is -2.27.